The molecular weight excluding hydrogens is 182 g/mol. The lowest BCUT2D eigenvalue weighted by Crippen LogP contribution is -2.10. The highest BCUT2D eigenvalue weighted by atomic mass is 35.5. The number of rotatable bonds is 3. The summed E-state index contributed by atoms with van der Waals surface area (Å²) in [5, 5.41) is 10.4. The van der Waals surface area contributed by atoms with E-state index in [2.05, 4.69) is 10.4 Å². The smallest absolute Gasteiger partial charge is 0.293 e. The molecule has 1 aromatic carbocycles. The number of nitrogens with one attached hydrogen (secondary N) is 2. The van der Waals surface area contributed by atoms with E-state index in [1.807, 2.05) is 0 Å². The van der Waals surface area contributed by atoms with Gasteiger partial charge >= 0.3 is 0 Å². The summed E-state index contributed by atoms with van der Waals surface area (Å²) in [6, 6.07) is 6.19. The van der Waals surface area contributed by atoms with Gasteiger partial charge in [-0.05, 0) is 17.8 Å². The van der Waals surface area contributed by atoms with E-state index in [1.165, 1.54) is 6.07 Å². The van der Waals surface area contributed by atoms with Crippen molar-refractivity contribution in [1.82, 2.24) is 4.94 Å². The van der Waals surface area contributed by atoms with Crippen molar-refractivity contribution >= 4 is 23.2 Å². The van der Waals surface area contributed by atoms with Crippen LogP contribution in [0.3, 0.4) is 0 Å². The van der Waals surface area contributed by atoms with Crippen molar-refractivity contribution < 1.29 is 4.92 Å². The zero-order valence-corrected chi connectivity index (χ0v) is 6.71. The quantitative estimate of drug-likeness (QED) is 0.429. The minimum atomic E-state index is -0.490. The first-order chi connectivity index (χ1) is 5.75. The third kappa shape index (κ3) is 1.84. The molecular formula is C6H6ClN3O2. The van der Waals surface area contributed by atoms with Gasteiger partial charge in [-0.1, -0.05) is 12.1 Å². The van der Waals surface area contributed by atoms with E-state index in [-0.39, 0.29) is 5.69 Å². The fourth-order valence-corrected chi connectivity index (χ4v) is 0.891. The first-order valence-corrected chi connectivity index (χ1v) is 3.48. The lowest BCUT2D eigenvalue weighted by atomic mass is 10.3. The van der Waals surface area contributed by atoms with Crippen LogP contribution in [0.5, 0.6) is 0 Å². The molecule has 0 unspecified atom stereocenters. The largest absolute Gasteiger partial charge is 0.301 e. The molecule has 0 aliphatic rings. The van der Waals surface area contributed by atoms with Crippen LogP contribution >= 0.6 is 11.8 Å². The zero-order chi connectivity index (χ0) is 8.97. The van der Waals surface area contributed by atoms with Crippen LogP contribution < -0.4 is 10.4 Å². The van der Waals surface area contributed by atoms with Crippen LogP contribution in [-0.2, 0) is 0 Å². The van der Waals surface area contributed by atoms with E-state index in [1.54, 1.807) is 18.2 Å². The topological polar surface area (TPSA) is 67.2 Å². The van der Waals surface area contributed by atoms with Crippen LogP contribution in [0.25, 0.3) is 0 Å². The average Bonchev–Trinajstić information content (AvgIpc) is 2.05. The summed E-state index contributed by atoms with van der Waals surface area (Å²) in [7, 11) is 0. The number of hydrazine groups is 1. The Kier molecular flexibility index (Phi) is 2.84. The van der Waals surface area contributed by atoms with Crippen LogP contribution in [0.4, 0.5) is 11.4 Å². The Morgan fingerprint density at radius 3 is 2.67 bits per heavy atom. The highest BCUT2D eigenvalue weighted by molar-refractivity contribution is 6.14. The average molecular weight is 188 g/mol. The number of nitrogens with zero attached hydrogens (tertiary/aromatic N) is 1. The molecule has 1 rings (SSSR count). The van der Waals surface area contributed by atoms with Crippen molar-refractivity contribution in [2.75, 3.05) is 5.43 Å². The van der Waals surface area contributed by atoms with Gasteiger partial charge in [-0.15, -0.1) is 4.94 Å². The predicted octanol–water partition coefficient (Wildman–Crippen LogP) is 1.67. The molecule has 0 amide bonds. The minimum Gasteiger partial charge on any atom is -0.301 e. The van der Waals surface area contributed by atoms with Crippen molar-refractivity contribution in [2.45, 2.75) is 0 Å². The second-order valence-electron chi connectivity index (χ2n) is 1.99. The SMILES string of the molecule is O=[N+]([O-])c1ccccc1NNCl. The summed E-state index contributed by atoms with van der Waals surface area (Å²) < 4.78 is 0. The van der Waals surface area contributed by atoms with E-state index in [0.717, 1.165) is 0 Å². The molecule has 12 heavy (non-hydrogen) atoms. The Morgan fingerprint density at radius 1 is 1.42 bits per heavy atom. The summed E-state index contributed by atoms with van der Waals surface area (Å²) in [5.74, 6) is 0. The van der Waals surface area contributed by atoms with Gasteiger partial charge in [0.25, 0.3) is 5.69 Å². The summed E-state index contributed by atoms with van der Waals surface area (Å²) in [4.78, 5) is 12.0. The van der Waals surface area contributed by atoms with Gasteiger partial charge in [0, 0.05) is 6.07 Å². The first-order valence-electron chi connectivity index (χ1n) is 3.11. The Labute approximate surface area is 73.6 Å². The van der Waals surface area contributed by atoms with Gasteiger partial charge in [-0.2, -0.15) is 0 Å². The van der Waals surface area contributed by atoms with Gasteiger partial charge in [0.15, 0.2) is 0 Å². The maximum Gasteiger partial charge on any atom is 0.293 e. The number of nitro benzene ring substituents is 1. The van der Waals surface area contributed by atoms with Gasteiger partial charge in [-0.25, -0.2) is 0 Å². The molecule has 5 nitrogen and oxygen atoms in total. The predicted molar refractivity (Wildman–Crippen MR) is 45.7 cm³/mol. The molecule has 0 bridgehead atoms. The molecule has 0 saturated heterocycles. The molecule has 2 N–H and O–H groups in total. The summed E-state index contributed by atoms with van der Waals surface area (Å²) in [5.41, 5.74) is 2.74. The van der Waals surface area contributed by atoms with Crippen molar-refractivity contribution in [2.24, 2.45) is 0 Å². The van der Waals surface area contributed by atoms with E-state index < -0.39 is 4.92 Å². The van der Waals surface area contributed by atoms with Crippen LogP contribution in [-0.4, -0.2) is 4.92 Å². The maximum absolute atomic E-state index is 10.4. The van der Waals surface area contributed by atoms with Gasteiger partial charge in [-0.3, -0.25) is 10.1 Å². The monoisotopic (exact) mass is 187 g/mol. The molecule has 0 saturated carbocycles. The summed E-state index contributed by atoms with van der Waals surface area (Å²) >= 11 is 5.13. The van der Waals surface area contributed by atoms with E-state index >= 15 is 0 Å². The van der Waals surface area contributed by atoms with E-state index in [0.29, 0.717) is 5.69 Å². The number of nitro groups is 1. The molecule has 6 heteroatoms. The van der Waals surface area contributed by atoms with Crippen molar-refractivity contribution in [3.05, 3.63) is 34.4 Å². The van der Waals surface area contributed by atoms with Gasteiger partial charge in [0.05, 0.1) is 4.92 Å². The van der Waals surface area contributed by atoms with E-state index in [9.17, 15) is 10.1 Å². The normalized spacial score (nSPS) is 9.42. The number of benzene rings is 1. The molecule has 0 aliphatic heterocycles. The third-order valence-corrected chi connectivity index (χ3v) is 1.38. The van der Waals surface area contributed by atoms with Gasteiger partial charge in [0.2, 0.25) is 0 Å². The lowest BCUT2D eigenvalue weighted by Gasteiger charge is -2.01. The second-order valence-corrected chi connectivity index (χ2v) is 2.18. The summed E-state index contributed by atoms with van der Waals surface area (Å²) in [6.07, 6.45) is 0. The zero-order valence-electron chi connectivity index (χ0n) is 5.95. The molecule has 0 aliphatic carbocycles. The Morgan fingerprint density at radius 2 is 2.08 bits per heavy atom. The lowest BCUT2D eigenvalue weighted by molar-refractivity contribution is -0.384. The van der Waals surface area contributed by atoms with Crippen molar-refractivity contribution in [3.63, 3.8) is 0 Å². The molecule has 0 heterocycles. The minimum absolute atomic E-state index is 0.0225. The highest BCUT2D eigenvalue weighted by Crippen LogP contribution is 2.21. The molecule has 0 atom stereocenters. The van der Waals surface area contributed by atoms with Crippen LogP contribution in [0.15, 0.2) is 24.3 Å². The fourth-order valence-electron chi connectivity index (χ4n) is 0.789. The van der Waals surface area contributed by atoms with Crippen molar-refractivity contribution in [1.29, 1.82) is 0 Å². The van der Waals surface area contributed by atoms with Crippen LogP contribution in [0.2, 0.25) is 0 Å². The Hall–Kier alpha value is -1.33. The number of halogens is 1. The number of hydrogen-bond acceptors (Lipinski definition) is 4. The maximum atomic E-state index is 10.4. The molecule has 64 valence electrons. The Balaban J connectivity index is 3.00. The number of para-hydroxylation sites is 2. The highest BCUT2D eigenvalue weighted by Gasteiger charge is 2.10. The van der Waals surface area contributed by atoms with Gasteiger partial charge in [0.1, 0.15) is 5.69 Å². The number of hydrogen-bond donors (Lipinski definition) is 2. The Bertz CT molecular complexity index is 292. The summed E-state index contributed by atoms with van der Waals surface area (Å²) in [6.45, 7) is 0. The van der Waals surface area contributed by atoms with Gasteiger partial charge < -0.3 is 5.43 Å². The second kappa shape index (κ2) is 3.89. The first kappa shape index (κ1) is 8.76. The van der Waals surface area contributed by atoms with E-state index in [4.69, 9.17) is 11.8 Å². The molecule has 0 aromatic heterocycles. The van der Waals surface area contributed by atoms with Crippen molar-refractivity contribution in [3.8, 4) is 0 Å². The fraction of sp³-hybridized carbons (Fsp3) is 0. The third-order valence-electron chi connectivity index (χ3n) is 1.28. The molecule has 0 radical (unpaired) electrons. The van der Waals surface area contributed by atoms with Crippen LogP contribution in [0.1, 0.15) is 0 Å². The number of anilines is 1. The molecule has 0 spiro atoms. The molecule has 1 aromatic rings. The van der Waals surface area contributed by atoms with Crippen LogP contribution in [0, 0.1) is 10.1 Å². The standard InChI is InChI=1S/C6H6ClN3O2/c7-9-8-5-3-1-2-4-6(5)10(11)12/h1-4,8-9H. The molecule has 0 fully saturated rings.